The minimum atomic E-state index is -0.232. The van der Waals surface area contributed by atoms with Crippen LogP contribution in [0.4, 0.5) is 0 Å². The number of carbonyl (C=O) groups is 3. The molecular formula is C48H70N4O5Y2-4. The van der Waals surface area contributed by atoms with E-state index in [9.17, 15) is 24.0 Å². The third-order valence-electron chi connectivity index (χ3n) is 7.66. The van der Waals surface area contributed by atoms with Gasteiger partial charge in [-0.1, -0.05) is 150 Å². The number of amides is 1. The number of nitrogens with zero attached hydrogens (tertiary/aromatic N) is 4. The number of hydrogen-bond donors (Lipinski definition) is 0. The summed E-state index contributed by atoms with van der Waals surface area (Å²) >= 11 is 0. The van der Waals surface area contributed by atoms with Gasteiger partial charge in [0.25, 0.3) is 5.91 Å². The third-order valence-corrected chi connectivity index (χ3v) is 7.66. The molecule has 0 unspecified atom stereocenters. The van der Waals surface area contributed by atoms with Crippen LogP contribution in [-0.4, -0.2) is 58.1 Å². The number of pyridine rings is 1. The summed E-state index contributed by atoms with van der Waals surface area (Å²) in [5.41, 5.74) is 6.34. The largest absolute Gasteiger partial charge is 0.600 e. The minimum Gasteiger partial charge on any atom is -0.600 e. The molecule has 2 heterocycles. The van der Waals surface area contributed by atoms with E-state index in [1.165, 1.54) is 26.3 Å². The quantitative estimate of drug-likeness (QED) is 0.0951. The van der Waals surface area contributed by atoms with Crippen LogP contribution >= 0.6 is 0 Å². The first-order chi connectivity index (χ1) is 27.4. The van der Waals surface area contributed by atoms with Gasteiger partial charge in [0.2, 0.25) is 0 Å². The first kappa shape index (κ1) is 65.3. The molecule has 11 heteroatoms. The fourth-order valence-corrected chi connectivity index (χ4v) is 5.16. The number of rotatable bonds is 13. The van der Waals surface area contributed by atoms with Crippen molar-refractivity contribution in [3.8, 4) is 0 Å². The zero-order chi connectivity index (χ0) is 44.5. The maximum atomic E-state index is 12.7. The summed E-state index contributed by atoms with van der Waals surface area (Å²) in [6.45, 7) is 31.3. The molecule has 4 rings (SSSR count). The molecule has 2 aromatic carbocycles. The van der Waals surface area contributed by atoms with Crippen molar-refractivity contribution < 1.29 is 89.4 Å². The maximum Gasteiger partial charge on any atom is 0.254 e. The Balaban J connectivity index is -0.000000233. The Bertz CT molecular complexity index is 1740. The summed E-state index contributed by atoms with van der Waals surface area (Å²) in [7, 11) is 1.77. The van der Waals surface area contributed by atoms with E-state index >= 15 is 0 Å². The Hall–Kier alpha value is -2.84. The number of hydrogen-bond acceptors (Lipinski definition) is 8. The van der Waals surface area contributed by atoms with E-state index in [4.69, 9.17) is 0 Å². The van der Waals surface area contributed by atoms with Crippen LogP contribution in [-0.2, 0) is 97.7 Å². The Morgan fingerprint density at radius 1 is 0.831 bits per heavy atom. The predicted octanol–water partition coefficient (Wildman–Crippen LogP) is 11.4. The van der Waals surface area contributed by atoms with E-state index in [0.29, 0.717) is 30.8 Å². The number of aryl methyl sites for hydroxylation is 1. The third kappa shape index (κ3) is 23.7. The smallest absolute Gasteiger partial charge is 0.254 e. The Morgan fingerprint density at radius 2 is 1.39 bits per heavy atom. The van der Waals surface area contributed by atoms with Gasteiger partial charge < -0.3 is 34.0 Å². The number of Topliss-reactive ketones (excluding diaryl/α,β-unsaturated/α-hetero) is 2. The van der Waals surface area contributed by atoms with E-state index in [0.717, 1.165) is 46.9 Å². The molecule has 322 valence electrons. The number of benzene rings is 2. The van der Waals surface area contributed by atoms with Gasteiger partial charge in [0.15, 0.2) is 0 Å². The molecule has 0 fully saturated rings. The zero-order valence-corrected chi connectivity index (χ0v) is 44.7. The molecule has 0 atom stereocenters. The molecule has 0 N–H and O–H groups in total. The van der Waals surface area contributed by atoms with Crippen molar-refractivity contribution in [1.29, 1.82) is 0 Å². The number of aliphatic imine (C=N–C) groups is 1. The van der Waals surface area contributed by atoms with Gasteiger partial charge in [-0.15, -0.1) is 0 Å². The van der Waals surface area contributed by atoms with Crippen LogP contribution in [0.5, 0.6) is 0 Å². The van der Waals surface area contributed by atoms with Crippen LogP contribution in [0.2, 0.25) is 0 Å². The van der Waals surface area contributed by atoms with Crippen molar-refractivity contribution in [3.63, 3.8) is 0 Å². The Morgan fingerprint density at radius 3 is 1.86 bits per heavy atom. The molecule has 1 aliphatic heterocycles. The van der Waals surface area contributed by atoms with Crippen molar-refractivity contribution >= 4 is 47.2 Å². The van der Waals surface area contributed by atoms with Crippen LogP contribution in [0.1, 0.15) is 150 Å². The average molecular weight is 961 g/mol. The van der Waals surface area contributed by atoms with Crippen LogP contribution in [0.3, 0.4) is 0 Å². The van der Waals surface area contributed by atoms with Gasteiger partial charge in [0, 0.05) is 95.7 Å². The van der Waals surface area contributed by atoms with E-state index in [-0.39, 0.29) is 94.2 Å². The van der Waals surface area contributed by atoms with Gasteiger partial charge >= 0.3 is 0 Å². The van der Waals surface area contributed by atoms with Gasteiger partial charge in [-0.25, -0.2) is 0 Å². The fourth-order valence-electron chi connectivity index (χ4n) is 5.16. The average Bonchev–Trinajstić information content (AvgIpc) is 3.56. The van der Waals surface area contributed by atoms with Crippen molar-refractivity contribution in [2.45, 2.75) is 143 Å². The molecule has 1 amide bonds. The van der Waals surface area contributed by atoms with Crippen LogP contribution in [0, 0.1) is 13.5 Å². The summed E-state index contributed by atoms with van der Waals surface area (Å²) in [5.74, 6) is -0.236. The second-order valence-electron chi connectivity index (χ2n) is 11.6. The molecule has 0 aliphatic carbocycles. The number of aromatic nitrogens is 1. The SMILES string of the molecule is CC.CC.CC.CC.CCC[C-]=NC(C(C)=O)=C(C)[C-]=O.CCC[CH-]N(C)C(C(C)=O)=C(C)[C-]=O.Cc1c2c(cc3ncccc13)C(=O)N(Cc1ccccc1)C2.[Y].[Y]. The van der Waals surface area contributed by atoms with Gasteiger partial charge in [0.1, 0.15) is 0 Å². The monoisotopic (exact) mass is 960 g/mol. The number of likely N-dealkylation sites (N-methyl/N-ethyl adjacent to an activating group) is 1. The molecule has 2 radical (unpaired) electrons. The van der Waals surface area contributed by atoms with Gasteiger partial charge in [-0.3, -0.25) is 16.3 Å². The maximum absolute atomic E-state index is 12.7. The first-order valence-electron chi connectivity index (χ1n) is 20.3. The molecule has 3 aromatic rings. The Kier molecular flexibility index (Phi) is 44.9. The number of fused-ring (bicyclic) bond motifs is 2. The van der Waals surface area contributed by atoms with E-state index < -0.39 is 0 Å². The number of allylic oxidation sites excluding steroid dienone is 4. The van der Waals surface area contributed by atoms with Crippen LogP contribution in [0.15, 0.2) is 82.3 Å². The van der Waals surface area contributed by atoms with Crippen molar-refractivity contribution in [2.24, 2.45) is 4.99 Å². The van der Waals surface area contributed by atoms with Crippen molar-refractivity contribution in [3.05, 3.63) is 106 Å². The van der Waals surface area contributed by atoms with E-state index in [2.05, 4.69) is 48.2 Å². The molecule has 0 saturated carbocycles. The molecule has 59 heavy (non-hydrogen) atoms. The second-order valence-corrected chi connectivity index (χ2v) is 11.6. The first-order valence-corrected chi connectivity index (χ1v) is 20.3. The summed E-state index contributed by atoms with van der Waals surface area (Å²) < 4.78 is 0. The molecule has 1 aliphatic rings. The number of carbonyl (C=O) groups excluding carboxylic acids is 5. The van der Waals surface area contributed by atoms with E-state index in [1.807, 2.05) is 104 Å². The summed E-state index contributed by atoms with van der Waals surface area (Å²) in [6, 6.07) is 16.1. The standard InChI is InChI=1S/C19H16N2O.C11H17NO2.C10H13NO2.4C2H6.2Y/c1-13-15-8-5-9-20-18(15)10-16-17(13)12-21(19(16)22)11-14-6-3-2-4-7-14;1-5-6-7-12(4)11(10(3)14)9(2)8-13;1-4-5-6-11-10(9(3)13)8(2)7-12;4*1-2;;/h2-10H,11-12H2,1H3;7H,5-6H2,1-4H3;4-5H2,1-3H3;4*1-2H3;;/q;2*-2;;;;;;. The van der Waals surface area contributed by atoms with Crippen molar-refractivity contribution in [1.82, 2.24) is 14.8 Å². The zero-order valence-electron chi connectivity index (χ0n) is 39.0. The topological polar surface area (TPSA) is 117 Å². The van der Waals surface area contributed by atoms with E-state index in [1.54, 1.807) is 37.6 Å². The predicted molar refractivity (Wildman–Crippen MR) is 239 cm³/mol. The molecule has 1 aromatic heterocycles. The van der Waals surface area contributed by atoms with Crippen molar-refractivity contribution in [2.75, 3.05) is 7.05 Å². The fraction of sp³-hybridized carbons (Fsp3) is 0.458. The number of unbranched alkanes of at least 4 members (excludes halogenated alkanes) is 2. The van der Waals surface area contributed by atoms with Gasteiger partial charge in [-0.05, 0) is 69.2 Å². The van der Waals surface area contributed by atoms with Gasteiger partial charge in [0.05, 0.1) is 17.1 Å². The molecular weight excluding hydrogens is 890 g/mol. The molecule has 0 saturated heterocycles. The summed E-state index contributed by atoms with van der Waals surface area (Å²) in [5, 5.41) is 1.13. The minimum absolute atomic E-state index is 0. The number of ketones is 2. The van der Waals surface area contributed by atoms with Crippen LogP contribution < -0.4 is 0 Å². The Labute approximate surface area is 408 Å². The second kappa shape index (κ2) is 40.6. The van der Waals surface area contributed by atoms with Gasteiger partial charge in [-0.2, -0.15) is 23.8 Å². The molecule has 0 spiro atoms. The van der Waals surface area contributed by atoms with Crippen LogP contribution in [0.25, 0.3) is 10.9 Å². The summed E-state index contributed by atoms with van der Waals surface area (Å²) in [6.07, 6.45) is 11.4. The summed E-state index contributed by atoms with van der Waals surface area (Å²) in [4.78, 5) is 67.4. The molecule has 9 nitrogen and oxygen atoms in total. The molecule has 0 bridgehead atoms. The normalized spacial score (nSPS) is 11.2.